The Morgan fingerprint density at radius 2 is 2.35 bits per heavy atom. The van der Waals surface area contributed by atoms with Crippen molar-refractivity contribution in [1.82, 2.24) is 4.98 Å². The van der Waals surface area contributed by atoms with Crippen molar-refractivity contribution in [2.75, 3.05) is 19.0 Å². The molecule has 5 heteroatoms. The topological polar surface area (TPSA) is 71.5 Å². The van der Waals surface area contributed by atoms with Crippen LogP contribution in [0.5, 0.6) is 0 Å². The number of nitrogens with one attached hydrogen (secondary N) is 1. The molecule has 1 rings (SSSR count). The third kappa shape index (κ3) is 3.42. The number of nitrogens with zero attached hydrogens (tertiary/aromatic N) is 1. The van der Waals surface area contributed by atoms with Crippen molar-refractivity contribution in [2.24, 2.45) is 0 Å². The number of aromatic carboxylic acids is 1. The summed E-state index contributed by atoms with van der Waals surface area (Å²) >= 11 is 0. The average molecular weight is 238 g/mol. The van der Waals surface area contributed by atoms with Crippen LogP contribution < -0.4 is 5.32 Å². The number of aromatic nitrogens is 1. The van der Waals surface area contributed by atoms with Gasteiger partial charge in [-0.1, -0.05) is 6.92 Å². The highest BCUT2D eigenvalue weighted by atomic mass is 16.5. The summed E-state index contributed by atoms with van der Waals surface area (Å²) in [6.45, 7) is 4.28. The van der Waals surface area contributed by atoms with Gasteiger partial charge in [-0.15, -0.1) is 0 Å². The van der Waals surface area contributed by atoms with Crippen molar-refractivity contribution < 1.29 is 14.6 Å². The first-order valence-electron chi connectivity index (χ1n) is 5.54. The zero-order valence-corrected chi connectivity index (χ0v) is 10.4. The standard InChI is InChI=1S/C12H18N2O3/c1-4-9(7-17-3)14-11-10(12(15)16)8(2)5-6-13-11/h5-6,9H,4,7H2,1-3H3,(H,13,14)(H,15,16). The minimum atomic E-state index is -0.967. The molecule has 94 valence electrons. The van der Waals surface area contributed by atoms with Crippen LogP contribution >= 0.6 is 0 Å². The number of aryl methyl sites for hydroxylation is 1. The zero-order chi connectivity index (χ0) is 12.8. The highest BCUT2D eigenvalue weighted by molar-refractivity contribution is 5.94. The molecule has 17 heavy (non-hydrogen) atoms. The lowest BCUT2D eigenvalue weighted by Gasteiger charge is -2.18. The number of anilines is 1. The highest BCUT2D eigenvalue weighted by Crippen LogP contribution is 2.18. The maximum Gasteiger partial charge on any atom is 0.339 e. The predicted octanol–water partition coefficient (Wildman–Crippen LogP) is 1.93. The molecule has 0 saturated heterocycles. The van der Waals surface area contributed by atoms with Crippen molar-refractivity contribution in [1.29, 1.82) is 0 Å². The van der Waals surface area contributed by atoms with E-state index in [2.05, 4.69) is 10.3 Å². The van der Waals surface area contributed by atoms with E-state index >= 15 is 0 Å². The molecule has 0 aliphatic rings. The number of methoxy groups -OCH3 is 1. The van der Waals surface area contributed by atoms with Crippen LogP contribution in [0.3, 0.4) is 0 Å². The van der Waals surface area contributed by atoms with Gasteiger partial charge in [0.1, 0.15) is 11.4 Å². The quantitative estimate of drug-likeness (QED) is 0.792. The summed E-state index contributed by atoms with van der Waals surface area (Å²) in [5, 5.41) is 12.3. The molecule has 0 aliphatic carbocycles. The number of rotatable bonds is 6. The second-order valence-corrected chi connectivity index (χ2v) is 3.86. The minimum absolute atomic E-state index is 0.0624. The van der Waals surface area contributed by atoms with Crippen LogP contribution in [-0.4, -0.2) is 35.8 Å². The fourth-order valence-corrected chi connectivity index (χ4v) is 1.59. The number of pyridine rings is 1. The minimum Gasteiger partial charge on any atom is -0.478 e. The molecule has 5 nitrogen and oxygen atoms in total. The average Bonchev–Trinajstić information content (AvgIpc) is 2.28. The Bertz CT molecular complexity index is 393. The summed E-state index contributed by atoms with van der Waals surface area (Å²) in [6, 6.07) is 1.75. The molecule has 0 aliphatic heterocycles. The summed E-state index contributed by atoms with van der Waals surface area (Å²) in [5.41, 5.74) is 0.921. The molecule has 0 bridgehead atoms. The third-order valence-corrected chi connectivity index (χ3v) is 2.57. The first kappa shape index (κ1) is 13.4. The Labute approximate surface area is 101 Å². The van der Waals surface area contributed by atoms with Crippen LogP contribution in [0.1, 0.15) is 29.3 Å². The molecule has 1 aromatic heterocycles. The molecule has 0 amide bonds. The molecule has 0 radical (unpaired) electrons. The van der Waals surface area contributed by atoms with Gasteiger partial charge in [0, 0.05) is 13.3 Å². The summed E-state index contributed by atoms with van der Waals surface area (Å²) in [6.07, 6.45) is 2.44. The van der Waals surface area contributed by atoms with Gasteiger partial charge in [-0.2, -0.15) is 0 Å². The zero-order valence-electron chi connectivity index (χ0n) is 10.4. The van der Waals surface area contributed by atoms with Crippen LogP contribution in [0.25, 0.3) is 0 Å². The first-order valence-corrected chi connectivity index (χ1v) is 5.54. The second-order valence-electron chi connectivity index (χ2n) is 3.86. The fourth-order valence-electron chi connectivity index (χ4n) is 1.59. The van der Waals surface area contributed by atoms with Crippen LogP contribution in [0.2, 0.25) is 0 Å². The van der Waals surface area contributed by atoms with E-state index in [0.29, 0.717) is 18.0 Å². The maximum absolute atomic E-state index is 11.2. The van der Waals surface area contributed by atoms with E-state index in [-0.39, 0.29) is 11.6 Å². The molecule has 1 unspecified atom stereocenters. The van der Waals surface area contributed by atoms with E-state index in [1.807, 2.05) is 6.92 Å². The second kappa shape index (κ2) is 6.20. The molecular formula is C12H18N2O3. The molecule has 2 N–H and O–H groups in total. The molecule has 1 aromatic rings. The number of hydrogen-bond acceptors (Lipinski definition) is 4. The molecular weight excluding hydrogens is 220 g/mol. The molecule has 0 aromatic carbocycles. The van der Waals surface area contributed by atoms with E-state index in [1.165, 1.54) is 0 Å². The molecule has 0 saturated carbocycles. The summed E-state index contributed by atoms with van der Waals surface area (Å²) < 4.78 is 5.06. The van der Waals surface area contributed by atoms with Crippen molar-refractivity contribution in [3.63, 3.8) is 0 Å². The van der Waals surface area contributed by atoms with Gasteiger partial charge in [-0.3, -0.25) is 0 Å². The SMILES string of the molecule is CCC(COC)Nc1nccc(C)c1C(=O)O. The van der Waals surface area contributed by atoms with E-state index in [1.54, 1.807) is 26.3 Å². The monoisotopic (exact) mass is 238 g/mol. The molecule has 0 fully saturated rings. The van der Waals surface area contributed by atoms with Gasteiger partial charge in [0.2, 0.25) is 0 Å². The lowest BCUT2D eigenvalue weighted by Crippen LogP contribution is -2.26. The number of carbonyl (C=O) groups is 1. The highest BCUT2D eigenvalue weighted by Gasteiger charge is 2.16. The van der Waals surface area contributed by atoms with E-state index in [4.69, 9.17) is 9.84 Å². The van der Waals surface area contributed by atoms with Crippen molar-refractivity contribution in [3.05, 3.63) is 23.4 Å². The lowest BCUT2D eigenvalue weighted by atomic mass is 10.1. The Kier molecular flexibility index (Phi) is 4.90. The van der Waals surface area contributed by atoms with E-state index in [9.17, 15) is 4.79 Å². The fraction of sp³-hybridized carbons (Fsp3) is 0.500. The van der Waals surface area contributed by atoms with Crippen molar-refractivity contribution in [2.45, 2.75) is 26.3 Å². The van der Waals surface area contributed by atoms with Gasteiger partial charge in [0.15, 0.2) is 0 Å². The van der Waals surface area contributed by atoms with Gasteiger partial charge < -0.3 is 15.2 Å². The van der Waals surface area contributed by atoms with Gasteiger partial charge in [-0.05, 0) is 25.0 Å². The number of carboxylic acid groups (broad SMARTS) is 1. The van der Waals surface area contributed by atoms with Crippen LogP contribution in [0.4, 0.5) is 5.82 Å². The van der Waals surface area contributed by atoms with Gasteiger partial charge in [-0.25, -0.2) is 9.78 Å². The Morgan fingerprint density at radius 3 is 2.88 bits per heavy atom. The van der Waals surface area contributed by atoms with Crippen molar-refractivity contribution >= 4 is 11.8 Å². The number of ether oxygens (including phenoxy) is 1. The van der Waals surface area contributed by atoms with Crippen LogP contribution in [-0.2, 0) is 4.74 Å². The van der Waals surface area contributed by atoms with E-state index < -0.39 is 5.97 Å². The maximum atomic E-state index is 11.2. The number of carboxylic acids is 1. The lowest BCUT2D eigenvalue weighted by molar-refractivity contribution is 0.0696. The molecule has 1 atom stereocenters. The Morgan fingerprint density at radius 1 is 1.65 bits per heavy atom. The smallest absolute Gasteiger partial charge is 0.339 e. The first-order chi connectivity index (χ1) is 8.10. The largest absolute Gasteiger partial charge is 0.478 e. The summed E-state index contributed by atoms with van der Waals surface area (Å²) in [5.74, 6) is -0.563. The van der Waals surface area contributed by atoms with Crippen LogP contribution in [0.15, 0.2) is 12.3 Å². The summed E-state index contributed by atoms with van der Waals surface area (Å²) in [7, 11) is 1.62. The van der Waals surface area contributed by atoms with E-state index in [0.717, 1.165) is 6.42 Å². The van der Waals surface area contributed by atoms with Gasteiger partial charge >= 0.3 is 5.97 Å². The third-order valence-electron chi connectivity index (χ3n) is 2.57. The van der Waals surface area contributed by atoms with Gasteiger partial charge in [0.05, 0.1) is 12.6 Å². The van der Waals surface area contributed by atoms with Gasteiger partial charge in [0.25, 0.3) is 0 Å². The normalized spacial score (nSPS) is 12.2. The summed E-state index contributed by atoms with van der Waals surface area (Å²) in [4.78, 5) is 15.2. The van der Waals surface area contributed by atoms with Crippen LogP contribution in [0, 0.1) is 6.92 Å². The van der Waals surface area contributed by atoms with Crippen molar-refractivity contribution in [3.8, 4) is 0 Å². The molecule has 1 heterocycles. The Balaban J connectivity index is 2.97. The predicted molar refractivity (Wildman–Crippen MR) is 65.5 cm³/mol. The molecule has 0 spiro atoms. The number of hydrogen-bond donors (Lipinski definition) is 2. The Hall–Kier alpha value is -1.62.